The Kier molecular flexibility index (Phi) is 1.07. The summed E-state index contributed by atoms with van der Waals surface area (Å²) in [6.45, 7) is 0. The quantitative estimate of drug-likeness (QED) is 0.611. The summed E-state index contributed by atoms with van der Waals surface area (Å²) in [6, 6.07) is 1.55. The van der Waals surface area contributed by atoms with E-state index in [4.69, 9.17) is 0 Å². The number of pyridine rings is 1. The molecule has 2 rings (SSSR count). The summed E-state index contributed by atoms with van der Waals surface area (Å²) in [4.78, 5) is 17.3. The number of thiazole rings is 1. The van der Waals surface area contributed by atoms with Crippen molar-refractivity contribution in [3.8, 4) is 0 Å². The molecule has 0 saturated heterocycles. The van der Waals surface area contributed by atoms with E-state index in [-0.39, 0.29) is 5.56 Å². The maximum atomic E-state index is 10.7. The van der Waals surface area contributed by atoms with Gasteiger partial charge in [-0.1, -0.05) is 0 Å². The Balaban J connectivity index is 2.99. The van der Waals surface area contributed by atoms with Crippen LogP contribution in [0.15, 0.2) is 22.6 Å². The van der Waals surface area contributed by atoms with Crippen molar-refractivity contribution in [3.05, 3.63) is 28.1 Å². The highest BCUT2D eigenvalue weighted by atomic mass is 32.1. The number of hydrogen-bond acceptors (Lipinski definition) is 3. The molecule has 0 radical (unpaired) electrons. The van der Waals surface area contributed by atoms with Crippen LogP contribution < -0.4 is 5.56 Å². The van der Waals surface area contributed by atoms with E-state index in [0.29, 0.717) is 0 Å². The summed E-state index contributed by atoms with van der Waals surface area (Å²) in [7, 11) is 0. The predicted octanol–water partition coefficient (Wildman–Crippen LogP) is 0.985. The van der Waals surface area contributed by atoms with Crippen LogP contribution in [0, 0.1) is 0 Å². The van der Waals surface area contributed by atoms with Crippen LogP contribution in [0.3, 0.4) is 0 Å². The van der Waals surface area contributed by atoms with Crippen molar-refractivity contribution in [3.63, 3.8) is 0 Å². The first-order valence-electron chi connectivity index (χ1n) is 2.78. The lowest BCUT2D eigenvalue weighted by atomic mass is 10.4. The van der Waals surface area contributed by atoms with Crippen molar-refractivity contribution in [2.24, 2.45) is 0 Å². The van der Waals surface area contributed by atoms with Gasteiger partial charge in [0, 0.05) is 12.3 Å². The molecule has 10 heavy (non-hydrogen) atoms. The lowest BCUT2D eigenvalue weighted by Crippen LogP contribution is -2.00. The monoisotopic (exact) mass is 152 g/mol. The predicted molar refractivity (Wildman–Crippen MR) is 40.2 cm³/mol. The molecular weight excluding hydrogens is 148 g/mol. The Morgan fingerprint density at radius 3 is 3.40 bits per heavy atom. The fourth-order valence-electron chi connectivity index (χ4n) is 0.780. The van der Waals surface area contributed by atoms with E-state index in [1.54, 1.807) is 17.8 Å². The summed E-state index contributed by atoms with van der Waals surface area (Å²) >= 11 is 1.47. The van der Waals surface area contributed by atoms with Gasteiger partial charge in [-0.3, -0.25) is 4.79 Å². The average Bonchev–Trinajstić information content (AvgIpc) is 2.33. The molecular formula is C6H4N2OS. The van der Waals surface area contributed by atoms with Crippen LogP contribution in [0.2, 0.25) is 0 Å². The normalized spacial score (nSPS) is 10.4. The van der Waals surface area contributed by atoms with Gasteiger partial charge in [0.1, 0.15) is 0 Å². The second-order valence-electron chi connectivity index (χ2n) is 1.90. The summed E-state index contributed by atoms with van der Waals surface area (Å²) in [5, 5.41) is 0. The number of nitrogens with one attached hydrogen (secondary N) is 1. The van der Waals surface area contributed by atoms with Crippen molar-refractivity contribution >= 4 is 21.6 Å². The summed E-state index contributed by atoms with van der Waals surface area (Å²) in [5.41, 5.74) is 2.50. The fraction of sp³-hybridized carbons (Fsp3) is 0. The molecule has 0 aliphatic heterocycles. The van der Waals surface area contributed by atoms with Gasteiger partial charge in [-0.2, -0.15) is 0 Å². The van der Waals surface area contributed by atoms with Gasteiger partial charge in [0.05, 0.1) is 15.7 Å². The number of rotatable bonds is 0. The van der Waals surface area contributed by atoms with Gasteiger partial charge in [-0.25, -0.2) is 4.98 Å². The van der Waals surface area contributed by atoms with Crippen LogP contribution in [0.1, 0.15) is 0 Å². The van der Waals surface area contributed by atoms with Crippen molar-refractivity contribution in [2.75, 3.05) is 0 Å². The van der Waals surface area contributed by atoms with Crippen LogP contribution in [-0.2, 0) is 0 Å². The van der Waals surface area contributed by atoms with Crippen molar-refractivity contribution < 1.29 is 0 Å². The second kappa shape index (κ2) is 1.91. The number of hydrogen-bond donors (Lipinski definition) is 1. The molecule has 0 unspecified atom stereocenters. The lowest BCUT2D eigenvalue weighted by Gasteiger charge is -1.81. The highest BCUT2D eigenvalue weighted by Crippen LogP contribution is 2.12. The Morgan fingerprint density at radius 1 is 1.60 bits per heavy atom. The van der Waals surface area contributed by atoms with Gasteiger partial charge < -0.3 is 4.98 Å². The largest absolute Gasteiger partial charge is 0.327 e. The smallest absolute Gasteiger partial charge is 0.249 e. The molecule has 0 aromatic carbocycles. The zero-order chi connectivity index (χ0) is 6.97. The number of aromatic amines is 1. The summed E-state index contributed by atoms with van der Waals surface area (Å²) in [5.74, 6) is 0. The molecule has 2 aromatic rings. The van der Waals surface area contributed by atoms with Crippen LogP contribution in [0.25, 0.3) is 10.2 Å². The van der Waals surface area contributed by atoms with Gasteiger partial charge >= 0.3 is 0 Å². The van der Waals surface area contributed by atoms with Gasteiger partial charge in [0.2, 0.25) is 5.56 Å². The molecule has 3 nitrogen and oxygen atoms in total. The first-order chi connectivity index (χ1) is 4.86. The Hall–Kier alpha value is -1.16. The molecule has 0 spiro atoms. The fourth-order valence-corrected chi connectivity index (χ4v) is 1.47. The van der Waals surface area contributed by atoms with Gasteiger partial charge in [-0.15, -0.1) is 11.3 Å². The minimum absolute atomic E-state index is 0.0725. The number of H-pyrrole nitrogens is 1. The van der Waals surface area contributed by atoms with Crippen molar-refractivity contribution in [2.45, 2.75) is 0 Å². The standard InChI is InChI=1S/C6H4N2OS/c9-6-1-5-4(2-7-6)8-3-10-5/h1-3H,(H,7,9). The first-order valence-corrected chi connectivity index (χ1v) is 3.66. The molecule has 4 heteroatoms. The topological polar surface area (TPSA) is 45.8 Å². The number of aromatic nitrogens is 2. The second-order valence-corrected chi connectivity index (χ2v) is 2.79. The lowest BCUT2D eigenvalue weighted by molar-refractivity contribution is 1.26. The molecule has 2 aromatic heterocycles. The third-order valence-corrected chi connectivity index (χ3v) is 2.03. The molecule has 2 heterocycles. The van der Waals surface area contributed by atoms with E-state index >= 15 is 0 Å². The highest BCUT2D eigenvalue weighted by Gasteiger charge is 1.93. The van der Waals surface area contributed by atoms with Gasteiger partial charge in [0.25, 0.3) is 0 Å². The first kappa shape index (κ1) is 5.61. The minimum Gasteiger partial charge on any atom is -0.327 e. The van der Waals surface area contributed by atoms with Crippen LogP contribution >= 0.6 is 11.3 Å². The number of nitrogens with zero attached hydrogens (tertiary/aromatic N) is 1. The van der Waals surface area contributed by atoms with E-state index in [9.17, 15) is 4.79 Å². The third kappa shape index (κ3) is 0.733. The van der Waals surface area contributed by atoms with E-state index in [0.717, 1.165) is 10.2 Å². The molecule has 0 aliphatic rings. The zero-order valence-electron chi connectivity index (χ0n) is 5.00. The summed E-state index contributed by atoms with van der Waals surface area (Å²) in [6.07, 6.45) is 1.62. The molecule has 50 valence electrons. The van der Waals surface area contributed by atoms with Crippen LogP contribution in [0.4, 0.5) is 0 Å². The summed E-state index contributed by atoms with van der Waals surface area (Å²) < 4.78 is 0.934. The average molecular weight is 152 g/mol. The third-order valence-electron chi connectivity index (χ3n) is 1.24. The molecule has 1 N–H and O–H groups in total. The van der Waals surface area contributed by atoms with Crippen LogP contribution in [-0.4, -0.2) is 9.97 Å². The SMILES string of the molecule is O=c1cc2scnc2c[nH]1. The van der Waals surface area contributed by atoms with E-state index in [1.165, 1.54) is 11.3 Å². The molecule has 0 aliphatic carbocycles. The maximum Gasteiger partial charge on any atom is 0.249 e. The van der Waals surface area contributed by atoms with Gasteiger partial charge in [0.15, 0.2) is 0 Å². The van der Waals surface area contributed by atoms with Crippen molar-refractivity contribution in [1.82, 2.24) is 9.97 Å². The van der Waals surface area contributed by atoms with E-state index in [2.05, 4.69) is 9.97 Å². The Labute approximate surface area is 60.4 Å². The Bertz CT molecular complexity index is 403. The molecule has 0 atom stereocenters. The molecule has 0 bridgehead atoms. The minimum atomic E-state index is -0.0725. The van der Waals surface area contributed by atoms with Crippen molar-refractivity contribution in [1.29, 1.82) is 0 Å². The van der Waals surface area contributed by atoms with Gasteiger partial charge in [-0.05, 0) is 0 Å². The highest BCUT2D eigenvalue weighted by molar-refractivity contribution is 7.16. The van der Waals surface area contributed by atoms with Crippen LogP contribution in [0.5, 0.6) is 0 Å². The Morgan fingerprint density at radius 2 is 2.50 bits per heavy atom. The maximum absolute atomic E-state index is 10.7. The number of fused-ring (bicyclic) bond motifs is 1. The van der Waals surface area contributed by atoms with E-state index < -0.39 is 0 Å². The zero-order valence-corrected chi connectivity index (χ0v) is 5.81. The molecule has 0 saturated carbocycles. The molecule has 0 amide bonds. The molecule has 0 fully saturated rings. The van der Waals surface area contributed by atoms with E-state index in [1.807, 2.05) is 0 Å².